The molecule has 7 heteroatoms. The number of nitrogens with one attached hydrogen (secondary N) is 1. The largest absolute Gasteiger partial charge is 0.468 e. The van der Waals surface area contributed by atoms with Crippen LogP contribution in [0.15, 0.2) is 16.0 Å². The second-order valence-electron chi connectivity index (χ2n) is 5.45. The smallest absolute Gasteiger partial charge is 0.326 e. The van der Waals surface area contributed by atoms with Crippen molar-refractivity contribution in [2.45, 2.75) is 43.3 Å². The molecule has 1 aromatic heterocycles. The van der Waals surface area contributed by atoms with E-state index < -0.39 is 5.54 Å². The Bertz CT molecular complexity index is 575. The maximum absolute atomic E-state index is 11.9. The fourth-order valence-corrected chi connectivity index (χ4v) is 3.86. The molecule has 3 N–H and O–H groups in total. The van der Waals surface area contributed by atoms with Gasteiger partial charge in [0, 0.05) is 17.5 Å². The van der Waals surface area contributed by atoms with Crippen molar-refractivity contribution in [3.05, 3.63) is 22.1 Å². The van der Waals surface area contributed by atoms with Gasteiger partial charge in [-0.25, -0.2) is 4.98 Å². The minimum atomic E-state index is -0.858. The molecule has 1 aliphatic carbocycles. The Kier molecular flexibility index (Phi) is 5.05. The number of hydrogen-bond acceptors (Lipinski definition) is 6. The predicted molar refractivity (Wildman–Crippen MR) is 81.2 cm³/mol. The maximum atomic E-state index is 11.9. The highest BCUT2D eigenvalue weighted by Gasteiger charge is 2.46. The van der Waals surface area contributed by atoms with Gasteiger partial charge in [-0.1, -0.05) is 18.2 Å². The fraction of sp³-hybridized carbons (Fsp3) is 0.643. The number of ether oxygens (including phenoxy) is 1. The van der Waals surface area contributed by atoms with Crippen LogP contribution in [0.2, 0.25) is 0 Å². The summed E-state index contributed by atoms with van der Waals surface area (Å²) in [6.07, 6.45) is 3.35. The second-order valence-corrected chi connectivity index (χ2v) is 6.53. The molecule has 1 saturated carbocycles. The summed E-state index contributed by atoms with van der Waals surface area (Å²) in [6.45, 7) is 1.79. The lowest BCUT2D eigenvalue weighted by atomic mass is 9.86. The molecule has 6 nitrogen and oxygen atoms in total. The number of aromatic amines is 1. The van der Waals surface area contributed by atoms with Crippen LogP contribution >= 0.6 is 11.8 Å². The summed E-state index contributed by atoms with van der Waals surface area (Å²) in [5, 5.41) is 0.610. The number of thioether (sulfide) groups is 1. The van der Waals surface area contributed by atoms with Crippen molar-refractivity contribution in [1.29, 1.82) is 0 Å². The molecule has 0 aliphatic heterocycles. The van der Waals surface area contributed by atoms with Crippen molar-refractivity contribution >= 4 is 17.7 Å². The second kappa shape index (κ2) is 6.62. The average Bonchev–Trinajstić information content (AvgIpc) is 2.79. The third-order valence-electron chi connectivity index (χ3n) is 3.99. The first-order valence-electron chi connectivity index (χ1n) is 7.04. The van der Waals surface area contributed by atoms with Gasteiger partial charge in [-0.2, -0.15) is 0 Å². The Hall–Kier alpha value is -1.34. The molecule has 2 atom stereocenters. The van der Waals surface area contributed by atoms with Crippen LogP contribution in [0.1, 0.15) is 31.4 Å². The summed E-state index contributed by atoms with van der Waals surface area (Å²) in [7, 11) is 1.38. The zero-order chi connectivity index (χ0) is 15.5. The first-order chi connectivity index (χ1) is 9.95. The highest BCUT2D eigenvalue weighted by Crippen LogP contribution is 2.37. The van der Waals surface area contributed by atoms with Crippen molar-refractivity contribution in [2.24, 2.45) is 11.7 Å². The number of hydrogen-bond donors (Lipinski definition) is 2. The summed E-state index contributed by atoms with van der Waals surface area (Å²) in [5.74, 6) is 0.554. The molecule has 0 radical (unpaired) electrons. The van der Waals surface area contributed by atoms with Crippen molar-refractivity contribution in [3.8, 4) is 0 Å². The lowest BCUT2D eigenvalue weighted by Crippen LogP contribution is -2.51. The molecule has 2 rings (SSSR count). The molecule has 1 aliphatic rings. The molecule has 0 bridgehead atoms. The molecule has 0 aromatic carbocycles. The molecule has 0 amide bonds. The summed E-state index contributed by atoms with van der Waals surface area (Å²) in [6, 6.07) is 1.46. The van der Waals surface area contributed by atoms with Crippen LogP contribution in [0.3, 0.4) is 0 Å². The monoisotopic (exact) mass is 311 g/mol. The molecule has 0 saturated heterocycles. The number of aromatic nitrogens is 2. The number of carbonyl (C=O) groups excluding carboxylic acids is 1. The van der Waals surface area contributed by atoms with Gasteiger partial charge in [0.05, 0.1) is 7.11 Å². The van der Waals surface area contributed by atoms with E-state index in [0.29, 0.717) is 17.3 Å². The van der Waals surface area contributed by atoms with E-state index in [-0.39, 0.29) is 17.4 Å². The Balaban J connectivity index is 1.93. The molecule has 0 spiro atoms. The standard InChI is InChI=1S/C14H21N3O3S/c1-9-8-11(18)17-13(16-9)21-7-5-10-4-3-6-14(10,15)12(19)20-2/h8,10H,3-7,15H2,1-2H3,(H,16,17,18). The number of H-pyrrole nitrogens is 1. The molecule has 2 unspecified atom stereocenters. The fourth-order valence-electron chi connectivity index (χ4n) is 2.88. The molecular weight excluding hydrogens is 290 g/mol. The van der Waals surface area contributed by atoms with Gasteiger partial charge in [0.2, 0.25) is 0 Å². The number of carbonyl (C=O) groups is 1. The van der Waals surface area contributed by atoms with Crippen molar-refractivity contribution in [3.63, 3.8) is 0 Å². The predicted octanol–water partition coefficient (Wildman–Crippen LogP) is 1.23. The maximum Gasteiger partial charge on any atom is 0.326 e. The Morgan fingerprint density at radius 2 is 2.43 bits per heavy atom. The average molecular weight is 311 g/mol. The van der Waals surface area contributed by atoms with E-state index in [9.17, 15) is 9.59 Å². The van der Waals surface area contributed by atoms with E-state index in [4.69, 9.17) is 10.5 Å². The SMILES string of the molecule is COC(=O)C1(N)CCCC1CCSc1nc(C)cc(=O)[nH]1. The van der Waals surface area contributed by atoms with Crippen LogP contribution in [0.4, 0.5) is 0 Å². The van der Waals surface area contributed by atoms with Gasteiger partial charge in [-0.05, 0) is 32.1 Å². The minimum absolute atomic E-state index is 0.119. The molecule has 1 heterocycles. The Morgan fingerprint density at radius 3 is 3.10 bits per heavy atom. The zero-order valence-corrected chi connectivity index (χ0v) is 13.2. The summed E-state index contributed by atoms with van der Waals surface area (Å²) in [5.41, 5.74) is 5.92. The Labute approximate surface area is 127 Å². The third kappa shape index (κ3) is 3.65. The van der Waals surface area contributed by atoms with Crippen molar-refractivity contribution in [2.75, 3.05) is 12.9 Å². The number of rotatable bonds is 5. The van der Waals surface area contributed by atoms with Gasteiger partial charge in [-0.15, -0.1) is 0 Å². The topological polar surface area (TPSA) is 98.1 Å². The van der Waals surface area contributed by atoms with Crippen LogP contribution < -0.4 is 11.3 Å². The van der Waals surface area contributed by atoms with Gasteiger partial charge in [0.15, 0.2) is 5.16 Å². The molecule has 1 fully saturated rings. The number of aryl methyl sites for hydroxylation is 1. The van der Waals surface area contributed by atoms with Gasteiger partial charge >= 0.3 is 5.97 Å². The van der Waals surface area contributed by atoms with E-state index in [0.717, 1.165) is 25.0 Å². The highest BCUT2D eigenvalue weighted by atomic mass is 32.2. The van der Waals surface area contributed by atoms with Gasteiger partial charge in [0.25, 0.3) is 5.56 Å². The third-order valence-corrected chi connectivity index (χ3v) is 4.90. The first kappa shape index (κ1) is 16.0. The summed E-state index contributed by atoms with van der Waals surface area (Å²) >= 11 is 1.48. The van der Waals surface area contributed by atoms with Crippen LogP contribution in [0.5, 0.6) is 0 Å². The summed E-state index contributed by atoms with van der Waals surface area (Å²) < 4.78 is 4.83. The van der Waals surface area contributed by atoms with Crippen LogP contribution in [0.25, 0.3) is 0 Å². The summed E-state index contributed by atoms with van der Waals surface area (Å²) in [4.78, 5) is 30.2. The van der Waals surface area contributed by atoms with Crippen LogP contribution in [-0.2, 0) is 9.53 Å². The molecular formula is C14H21N3O3S. The van der Waals surface area contributed by atoms with E-state index in [1.165, 1.54) is 24.9 Å². The minimum Gasteiger partial charge on any atom is -0.468 e. The van der Waals surface area contributed by atoms with Crippen LogP contribution in [-0.4, -0.2) is 34.3 Å². The lowest BCUT2D eigenvalue weighted by Gasteiger charge is -2.28. The first-order valence-corrected chi connectivity index (χ1v) is 8.02. The van der Waals surface area contributed by atoms with Gasteiger partial charge < -0.3 is 15.5 Å². The number of nitrogens with two attached hydrogens (primary N) is 1. The quantitative estimate of drug-likeness (QED) is 0.482. The van der Waals surface area contributed by atoms with Gasteiger partial charge in [-0.3, -0.25) is 9.59 Å². The van der Waals surface area contributed by atoms with E-state index in [1.54, 1.807) is 6.92 Å². The zero-order valence-electron chi connectivity index (χ0n) is 12.3. The van der Waals surface area contributed by atoms with Gasteiger partial charge in [0.1, 0.15) is 5.54 Å². The van der Waals surface area contributed by atoms with Crippen molar-refractivity contribution in [1.82, 2.24) is 9.97 Å². The molecule has 116 valence electrons. The van der Waals surface area contributed by atoms with E-state index in [2.05, 4.69) is 9.97 Å². The number of esters is 1. The van der Waals surface area contributed by atoms with E-state index in [1.807, 2.05) is 0 Å². The van der Waals surface area contributed by atoms with Crippen molar-refractivity contribution < 1.29 is 9.53 Å². The highest BCUT2D eigenvalue weighted by molar-refractivity contribution is 7.99. The number of nitrogens with zero attached hydrogens (tertiary/aromatic N) is 1. The lowest BCUT2D eigenvalue weighted by molar-refractivity contribution is -0.148. The molecule has 21 heavy (non-hydrogen) atoms. The Morgan fingerprint density at radius 1 is 1.67 bits per heavy atom. The molecule has 1 aromatic rings. The number of methoxy groups -OCH3 is 1. The van der Waals surface area contributed by atoms with Crippen LogP contribution in [0, 0.1) is 12.8 Å². The normalized spacial score (nSPS) is 25.0. The van der Waals surface area contributed by atoms with E-state index >= 15 is 0 Å².